The second-order valence-corrected chi connectivity index (χ2v) is 5.58. The molecule has 0 radical (unpaired) electrons. The summed E-state index contributed by atoms with van der Waals surface area (Å²) in [5.41, 5.74) is 1.83. The van der Waals surface area contributed by atoms with Crippen LogP contribution < -0.4 is 20.1 Å². The highest BCUT2D eigenvalue weighted by Gasteiger charge is 2.20. The first kappa shape index (κ1) is 16.8. The van der Waals surface area contributed by atoms with Gasteiger partial charge in [0.2, 0.25) is 5.88 Å². The Kier molecular flexibility index (Phi) is 4.83. The molecule has 0 unspecified atom stereocenters. The van der Waals surface area contributed by atoms with Gasteiger partial charge in [-0.2, -0.15) is 0 Å². The van der Waals surface area contributed by atoms with Gasteiger partial charge < -0.3 is 20.1 Å². The van der Waals surface area contributed by atoms with Crippen molar-refractivity contribution in [2.24, 2.45) is 0 Å². The lowest BCUT2D eigenvalue weighted by molar-refractivity contribution is -0.118. The highest BCUT2D eigenvalue weighted by molar-refractivity contribution is 5.97. The van der Waals surface area contributed by atoms with Crippen LogP contribution in [-0.4, -0.2) is 30.0 Å². The number of benzene rings is 1. The number of carbonyl (C=O) groups excluding carboxylic acids is 2. The average Bonchev–Trinajstić information content (AvgIpc) is 2.61. The summed E-state index contributed by atoms with van der Waals surface area (Å²) in [6.07, 6.45) is 1.58. The Bertz CT molecular complexity index is 807. The predicted octanol–water partition coefficient (Wildman–Crippen LogP) is 2.30. The third-order valence-corrected chi connectivity index (χ3v) is 3.78. The average molecular weight is 341 g/mol. The number of pyridine rings is 1. The van der Waals surface area contributed by atoms with Crippen LogP contribution in [0.15, 0.2) is 36.5 Å². The van der Waals surface area contributed by atoms with E-state index < -0.39 is 0 Å². The van der Waals surface area contributed by atoms with Gasteiger partial charge in [0.1, 0.15) is 11.3 Å². The minimum atomic E-state index is -0.276. The smallest absolute Gasteiger partial charge is 0.262 e. The van der Waals surface area contributed by atoms with Crippen molar-refractivity contribution in [2.75, 3.05) is 18.5 Å². The lowest BCUT2D eigenvalue weighted by Gasteiger charge is -2.21. The van der Waals surface area contributed by atoms with Gasteiger partial charge in [0.05, 0.1) is 18.3 Å². The van der Waals surface area contributed by atoms with Crippen LogP contribution >= 0.6 is 0 Å². The third-order valence-electron chi connectivity index (χ3n) is 3.78. The molecule has 7 heteroatoms. The fourth-order valence-electron chi connectivity index (χ4n) is 2.54. The molecule has 0 bridgehead atoms. The number of aromatic nitrogens is 1. The lowest BCUT2D eigenvalue weighted by Crippen LogP contribution is -2.28. The minimum absolute atomic E-state index is 0.0137. The van der Waals surface area contributed by atoms with Gasteiger partial charge in [-0.15, -0.1) is 0 Å². The van der Waals surface area contributed by atoms with E-state index in [0.717, 1.165) is 5.56 Å². The SMILES string of the molecule is CCOc1ncccc1C(=O)N[C@@H](C)c1ccc2c(c1)NC(=O)CO2. The van der Waals surface area contributed by atoms with E-state index in [1.165, 1.54) is 0 Å². The number of ether oxygens (including phenoxy) is 2. The highest BCUT2D eigenvalue weighted by atomic mass is 16.5. The molecule has 2 heterocycles. The number of hydrogen-bond donors (Lipinski definition) is 2. The van der Waals surface area contributed by atoms with Crippen LogP contribution in [0.25, 0.3) is 0 Å². The highest BCUT2D eigenvalue weighted by Crippen LogP contribution is 2.30. The number of anilines is 1. The van der Waals surface area contributed by atoms with Crippen LogP contribution in [0.1, 0.15) is 35.8 Å². The Balaban J connectivity index is 1.76. The monoisotopic (exact) mass is 341 g/mol. The molecule has 0 saturated heterocycles. The molecule has 0 fully saturated rings. The Morgan fingerprint density at radius 2 is 2.28 bits per heavy atom. The molecule has 0 saturated carbocycles. The molecule has 1 atom stereocenters. The fourth-order valence-corrected chi connectivity index (χ4v) is 2.54. The second-order valence-electron chi connectivity index (χ2n) is 5.58. The summed E-state index contributed by atoms with van der Waals surface area (Å²) in [7, 11) is 0. The molecule has 3 rings (SSSR count). The quantitative estimate of drug-likeness (QED) is 0.871. The number of amides is 2. The van der Waals surface area contributed by atoms with E-state index in [-0.39, 0.29) is 24.5 Å². The van der Waals surface area contributed by atoms with E-state index in [1.54, 1.807) is 30.5 Å². The molecule has 2 N–H and O–H groups in total. The molecule has 1 aromatic carbocycles. The topological polar surface area (TPSA) is 89.5 Å². The van der Waals surface area contributed by atoms with Gasteiger partial charge in [-0.05, 0) is 43.7 Å². The van der Waals surface area contributed by atoms with E-state index >= 15 is 0 Å². The van der Waals surface area contributed by atoms with Crippen molar-refractivity contribution < 1.29 is 19.1 Å². The first-order valence-corrected chi connectivity index (χ1v) is 8.03. The molecule has 130 valence electrons. The normalized spacial score (nSPS) is 13.9. The largest absolute Gasteiger partial charge is 0.482 e. The number of carbonyl (C=O) groups is 2. The van der Waals surface area contributed by atoms with Crippen LogP contribution in [0.5, 0.6) is 11.6 Å². The number of fused-ring (bicyclic) bond motifs is 1. The molecule has 7 nitrogen and oxygen atoms in total. The first-order chi connectivity index (χ1) is 12.1. The third kappa shape index (κ3) is 3.71. The number of rotatable bonds is 5. The number of hydrogen-bond acceptors (Lipinski definition) is 5. The van der Waals surface area contributed by atoms with E-state index in [2.05, 4.69) is 15.6 Å². The van der Waals surface area contributed by atoms with Gasteiger partial charge in [0.25, 0.3) is 11.8 Å². The maximum atomic E-state index is 12.5. The zero-order chi connectivity index (χ0) is 17.8. The first-order valence-electron chi connectivity index (χ1n) is 8.03. The van der Waals surface area contributed by atoms with Gasteiger partial charge >= 0.3 is 0 Å². The van der Waals surface area contributed by atoms with Gasteiger partial charge in [0, 0.05) is 6.20 Å². The van der Waals surface area contributed by atoms with E-state index in [4.69, 9.17) is 9.47 Å². The van der Waals surface area contributed by atoms with E-state index in [0.29, 0.717) is 29.5 Å². The molecular formula is C18H19N3O4. The summed E-state index contributed by atoms with van der Waals surface area (Å²) in [5, 5.41) is 5.68. The Hall–Kier alpha value is -3.09. The summed E-state index contributed by atoms with van der Waals surface area (Å²) in [5.74, 6) is 0.452. The Morgan fingerprint density at radius 1 is 1.44 bits per heavy atom. The maximum Gasteiger partial charge on any atom is 0.262 e. The molecule has 0 aliphatic carbocycles. The van der Waals surface area contributed by atoms with Crippen molar-refractivity contribution in [3.8, 4) is 11.6 Å². The van der Waals surface area contributed by atoms with Crippen LogP contribution in [0.3, 0.4) is 0 Å². The molecule has 1 aromatic heterocycles. The fraction of sp³-hybridized carbons (Fsp3) is 0.278. The Morgan fingerprint density at radius 3 is 3.08 bits per heavy atom. The maximum absolute atomic E-state index is 12.5. The molecule has 0 spiro atoms. The lowest BCUT2D eigenvalue weighted by atomic mass is 10.1. The standard InChI is InChI=1S/C18H19N3O4/c1-3-24-18-13(5-4-8-19-18)17(23)20-11(2)12-6-7-15-14(9-12)21-16(22)10-25-15/h4-9,11H,3,10H2,1-2H3,(H,20,23)(H,21,22)/t11-/m0/s1. The molecule has 2 amide bonds. The van der Waals surface area contributed by atoms with Gasteiger partial charge in [-0.1, -0.05) is 6.07 Å². The molecule has 2 aromatic rings. The zero-order valence-corrected chi connectivity index (χ0v) is 14.0. The molecule has 25 heavy (non-hydrogen) atoms. The van der Waals surface area contributed by atoms with Gasteiger partial charge in [-0.25, -0.2) is 4.98 Å². The van der Waals surface area contributed by atoms with Crippen molar-refractivity contribution >= 4 is 17.5 Å². The van der Waals surface area contributed by atoms with E-state index in [9.17, 15) is 9.59 Å². The second kappa shape index (κ2) is 7.21. The van der Waals surface area contributed by atoms with Gasteiger partial charge in [-0.3, -0.25) is 9.59 Å². The van der Waals surface area contributed by atoms with Crippen LogP contribution in [0.4, 0.5) is 5.69 Å². The van der Waals surface area contributed by atoms with E-state index in [1.807, 2.05) is 19.9 Å². The van der Waals surface area contributed by atoms with Crippen LogP contribution in [0.2, 0.25) is 0 Å². The zero-order valence-electron chi connectivity index (χ0n) is 14.0. The summed E-state index contributed by atoms with van der Waals surface area (Å²) < 4.78 is 10.7. The summed E-state index contributed by atoms with van der Waals surface area (Å²) >= 11 is 0. The number of nitrogens with one attached hydrogen (secondary N) is 2. The minimum Gasteiger partial charge on any atom is -0.482 e. The van der Waals surface area contributed by atoms with Crippen molar-refractivity contribution in [1.82, 2.24) is 10.3 Å². The Labute approximate surface area is 145 Å². The molecular weight excluding hydrogens is 322 g/mol. The molecule has 1 aliphatic heterocycles. The van der Waals surface area contributed by atoms with Crippen LogP contribution in [-0.2, 0) is 4.79 Å². The summed E-state index contributed by atoms with van der Waals surface area (Å²) in [4.78, 5) is 28.1. The molecule has 1 aliphatic rings. The number of nitrogens with zero attached hydrogens (tertiary/aromatic N) is 1. The van der Waals surface area contributed by atoms with Crippen molar-refractivity contribution in [2.45, 2.75) is 19.9 Å². The van der Waals surface area contributed by atoms with Crippen molar-refractivity contribution in [3.05, 3.63) is 47.7 Å². The predicted molar refractivity (Wildman–Crippen MR) is 91.9 cm³/mol. The van der Waals surface area contributed by atoms with Crippen molar-refractivity contribution in [1.29, 1.82) is 0 Å². The van der Waals surface area contributed by atoms with Gasteiger partial charge in [0.15, 0.2) is 6.61 Å². The summed E-state index contributed by atoms with van der Waals surface area (Å²) in [6, 6.07) is 8.52. The summed E-state index contributed by atoms with van der Waals surface area (Å²) in [6.45, 7) is 4.14. The van der Waals surface area contributed by atoms with Crippen molar-refractivity contribution in [3.63, 3.8) is 0 Å². The van der Waals surface area contributed by atoms with Crippen LogP contribution in [0, 0.1) is 0 Å².